The number of para-hydroxylation sites is 2. The Balaban J connectivity index is 1.34. The van der Waals surface area contributed by atoms with E-state index in [4.69, 9.17) is 19.4 Å². The lowest BCUT2D eigenvalue weighted by molar-refractivity contribution is 0.669. The van der Waals surface area contributed by atoms with Crippen molar-refractivity contribution < 1.29 is 4.42 Å². The Bertz CT molecular complexity index is 2440. The number of fused-ring (bicyclic) bond motifs is 6. The minimum atomic E-state index is 0.577. The monoisotopic (exact) mass is 564 g/mol. The normalized spacial score (nSPS) is 11.6. The number of furan rings is 1. The van der Waals surface area contributed by atoms with E-state index in [0.717, 1.165) is 66.0 Å². The van der Waals surface area contributed by atoms with Crippen molar-refractivity contribution in [3.8, 4) is 39.9 Å². The molecule has 3 heterocycles. The molecule has 6 aromatic carbocycles. The molecule has 44 heavy (non-hydrogen) atoms. The summed E-state index contributed by atoms with van der Waals surface area (Å²) in [5.41, 5.74) is 7.92. The van der Waals surface area contributed by atoms with E-state index in [0.29, 0.717) is 17.6 Å². The van der Waals surface area contributed by atoms with Gasteiger partial charge in [0, 0.05) is 32.7 Å². The maximum atomic E-state index is 6.22. The minimum absolute atomic E-state index is 0.577. The maximum Gasteiger partial charge on any atom is 0.238 e. The number of hydrogen-bond acceptors (Lipinski definition) is 4. The molecule has 0 unspecified atom stereocenters. The Morgan fingerprint density at radius 2 is 1.05 bits per heavy atom. The molecule has 0 aliphatic heterocycles. The van der Waals surface area contributed by atoms with Crippen molar-refractivity contribution in [1.29, 1.82) is 0 Å². The molecule has 9 rings (SSSR count). The number of benzene rings is 6. The average molecular weight is 565 g/mol. The van der Waals surface area contributed by atoms with Crippen molar-refractivity contribution in [1.82, 2.24) is 19.5 Å². The van der Waals surface area contributed by atoms with Crippen LogP contribution in [0.15, 0.2) is 150 Å². The van der Waals surface area contributed by atoms with Crippen molar-refractivity contribution >= 4 is 43.7 Å². The van der Waals surface area contributed by atoms with Crippen LogP contribution in [0.2, 0.25) is 0 Å². The van der Waals surface area contributed by atoms with Crippen LogP contribution in [0, 0.1) is 0 Å². The molecule has 0 aliphatic rings. The van der Waals surface area contributed by atoms with Gasteiger partial charge in [0.05, 0.1) is 11.0 Å². The van der Waals surface area contributed by atoms with E-state index in [1.165, 1.54) is 0 Å². The van der Waals surface area contributed by atoms with E-state index in [9.17, 15) is 0 Å². The first-order chi connectivity index (χ1) is 21.8. The topological polar surface area (TPSA) is 56.7 Å². The van der Waals surface area contributed by atoms with E-state index in [1.54, 1.807) is 0 Å². The van der Waals surface area contributed by atoms with Crippen LogP contribution in [0.25, 0.3) is 83.6 Å². The zero-order valence-corrected chi connectivity index (χ0v) is 23.6. The standard InChI is InChI=1S/C39H24N4O/c1-3-12-25(13-4-1)37-40-38(26-14-5-2-6-15-26)42-39(41-37)43-32-19-9-7-16-29(32)30-23-22-27(24-33(30)43)28-18-11-21-35-36(28)31-17-8-10-20-34(31)44-35/h1-24H. The quantitative estimate of drug-likeness (QED) is 0.213. The van der Waals surface area contributed by atoms with Crippen molar-refractivity contribution in [2.75, 3.05) is 0 Å². The fraction of sp³-hybridized carbons (Fsp3) is 0. The number of hydrogen-bond donors (Lipinski definition) is 0. The van der Waals surface area contributed by atoms with Crippen molar-refractivity contribution in [3.63, 3.8) is 0 Å². The summed E-state index contributed by atoms with van der Waals surface area (Å²) in [6.07, 6.45) is 0. The molecule has 0 spiro atoms. The molecule has 0 aliphatic carbocycles. The van der Waals surface area contributed by atoms with Crippen LogP contribution in [0.4, 0.5) is 0 Å². The third-order valence-corrected chi connectivity index (χ3v) is 8.27. The molecule has 0 saturated heterocycles. The van der Waals surface area contributed by atoms with Crippen molar-refractivity contribution in [2.45, 2.75) is 0 Å². The molecule has 0 fully saturated rings. The first kappa shape index (κ1) is 24.5. The van der Waals surface area contributed by atoms with Gasteiger partial charge in [-0.2, -0.15) is 9.97 Å². The molecule has 0 bridgehead atoms. The molecule has 0 amide bonds. The lowest BCUT2D eigenvalue weighted by Gasteiger charge is -2.11. The minimum Gasteiger partial charge on any atom is -0.456 e. The lowest BCUT2D eigenvalue weighted by atomic mass is 9.98. The van der Waals surface area contributed by atoms with Crippen LogP contribution in [-0.2, 0) is 0 Å². The van der Waals surface area contributed by atoms with E-state index in [1.807, 2.05) is 78.9 Å². The highest BCUT2D eigenvalue weighted by molar-refractivity contribution is 6.14. The summed E-state index contributed by atoms with van der Waals surface area (Å²) in [6.45, 7) is 0. The summed E-state index contributed by atoms with van der Waals surface area (Å²) in [4.78, 5) is 15.1. The fourth-order valence-corrected chi connectivity index (χ4v) is 6.27. The molecule has 3 aromatic heterocycles. The van der Waals surface area contributed by atoms with Crippen LogP contribution in [-0.4, -0.2) is 19.5 Å². The Kier molecular flexibility index (Phi) is 5.43. The zero-order chi connectivity index (χ0) is 29.0. The maximum absolute atomic E-state index is 6.22. The van der Waals surface area contributed by atoms with Gasteiger partial charge in [0.25, 0.3) is 0 Å². The van der Waals surface area contributed by atoms with Crippen molar-refractivity contribution in [3.05, 3.63) is 146 Å². The molecule has 206 valence electrons. The third-order valence-electron chi connectivity index (χ3n) is 8.27. The van der Waals surface area contributed by atoms with Crippen LogP contribution < -0.4 is 0 Å². The van der Waals surface area contributed by atoms with E-state index in [-0.39, 0.29) is 0 Å². The van der Waals surface area contributed by atoms with Gasteiger partial charge in [0.2, 0.25) is 5.95 Å². The van der Waals surface area contributed by atoms with Gasteiger partial charge < -0.3 is 4.42 Å². The Morgan fingerprint density at radius 3 is 1.80 bits per heavy atom. The van der Waals surface area contributed by atoms with Gasteiger partial charge in [0.1, 0.15) is 11.2 Å². The summed E-state index contributed by atoms with van der Waals surface area (Å²) in [5, 5.41) is 4.50. The number of rotatable bonds is 4. The largest absolute Gasteiger partial charge is 0.456 e. The molecule has 0 N–H and O–H groups in total. The Labute approximate surface area is 252 Å². The molecule has 5 nitrogen and oxygen atoms in total. The fourth-order valence-electron chi connectivity index (χ4n) is 6.27. The smallest absolute Gasteiger partial charge is 0.238 e. The molecular formula is C39H24N4O. The summed E-state index contributed by atoms with van der Waals surface area (Å²) in [5.74, 6) is 1.84. The first-order valence-corrected chi connectivity index (χ1v) is 14.6. The molecule has 9 aromatic rings. The Morgan fingerprint density at radius 1 is 0.432 bits per heavy atom. The van der Waals surface area contributed by atoms with Crippen molar-refractivity contribution in [2.24, 2.45) is 0 Å². The van der Waals surface area contributed by atoms with Crippen LogP contribution in [0.1, 0.15) is 0 Å². The van der Waals surface area contributed by atoms with Gasteiger partial charge in [-0.25, -0.2) is 4.98 Å². The highest BCUT2D eigenvalue weighted by Gasteiger charge is 2.19. The van der Waals surface area contributed by atoms with Crippen LogP contribution >= 0.6 is 0 Å². The summed E-state index contributed by atoms with van der Waals surface area (Å²) in [7, 11) is 0. The second-order valence-corrected chi connectivity index (χ2v) is 10.9. The van der Waals surface area contributed by atoms with Crippen LogP contribution in [0.3, 0.4) is 0 Å². The molecule has 0 radical (unpaired) electrons. The average Bonchev–Trinajstić information content (AvgIpc) is 3.64. The number of nitrogens with zero attached hydrogens (tertiary/aromatic N) is 4. The second-order valence-electron chi connectivity index (χ2n) is 10.9. The highest BCUT2D eigenvalue weighted by Crippen LogP contribution is 2.39. The lowest BCUT2D eigenvalue weighted by Crippen LogP contribution is -2.06. The predicted octanol–water partition coefficient (Wildman–Crippen LogP) is 9.87. The zero-order valence-electron chi connectivity index (χ0n) is 23.6. The first-order valence-electron chi connectivity index (χ1n) is 14.6. The number of aromatic nitrogens is 4. The van der Waals surface area contributed by atoms with Gasteiger partial charge in [-0.05, 0) is 35.4 Å². The molecule has 5 heteroatoms. The molecule has 0 atom stereocenters. The predicted molar refractivity (Wildman–Crippen MR) is 178 cm³/mol. The Hall–Kier alpha value is -6.07. The molecule has 0 saturated carbocycles. The van der Waals surface area contributed by atoms with Gasteiger partial charge in [-0.1, -0.05) is 121 Å². The van der Waals surface area contributed by atoms with E-state index in [2.05, 4.69) is 71.3 Å². The summed E-state index contributed by atoms with van der Waals surface area (Å²) in [6, 6.07) is 49.8. The highest BCUT2D eigenvalue weighted by atomic mass is 16.3. The summed E-state index contributed by atoms with van der Waals surface area (Å²) < 4.78 is 8.39. The van der Waals surface area contributed by atoms with Gasteiger partial charge >= 0.3 is 0 Å². The van der Waals surface area contributed by atoms with Gasteiger partial charge in [-0.3, -0.25) is 4.57 Å². The SMILES string of the molecule is c1ccc(-c2nc(-c3ccccc3)nc(-n3c4ccccc4c4ccc(-c5cccc6oc7ccccc7c56)cc43)n2)cc1. The van der Waals surface area contributed by atoms with Gasteiger partial charge in [-0.15, -0.1) is 0 Å². The second kappa shape index (κ2) is 9.75. The van der Waals surface area contributed by atoms with Crippen LogP contribution in [0.5, 0.6) is 0 Å². The van der Waals surface area contributed by atoms with E-state index < -0.39 is 0 Å². The van der Waals surface area contributed by atoms with Gasteiger partial charge in [0.15, 0.2) is 11.6 Å². The third kappa shape index (κ3) is 3.83. The van der Waals surface area contributed by atoms with E-state index >= 15 is 0 Å². The molecular weight excluding hydrogens is 540 g/mol. The summed E-state index contributed by atoms with van der Waals surface area (Å²) >= 11 is 0.